The molecule has 0 unspecified atom stereocenters. The molecule has 2 aliphatic heterocycles. The number of benzene rings is 1. The normalized spacial score (nSPS) is 18.0. The molecule has 0 bridgehead atoms. The molecular formula is C24H28F3N3O3. The second-order valence-corrected chi connectivity index (χ2v) is 8.58. The largest absolute Gasteiger partial charge is 0.490 e. The minimum absolute atomic E-state index is 0.181. The molecule has 2 aliphatic rings. The van der Waals surface area contributed by atoms with Gasteiger partial charge in [-0.15, -0.1) is 0 Å². The molecule has 4 rings (SSSR count). The molecule has 0 atom stereocenters. The number of rotatable bonds is 3. The van der Waals surface area contributed by atoms with Crippen molar-refractivity contribution in [1.82, 2.24) is 14.8 Å². The summed E-state index contributed by atoms with van der Waals surface area (Å²) in [6, 6.07) is 12.1. The number of likely N-dealkylation sites (tertiary alicyclic amines) is 2. The van der Waals surface area contributed by atoms with E-state index >= 15 is 0 Å². The number of hydrogen-bond donors (Lipinski definition) is 1. The summed E-state index contributed by atoms with van der Waals surface area (Å²) in [5.74, 6) is -2.58. The first-order valence-electron chi connectivity index (χ1n) is 10.9. The van der Waals surface area contributed by atoms with Crippen LogP contribution in [0.4, 0.5) is 13.2 Å². The van der Waals surface area contributed by atoms with Gasteiger partial charge in [0.25, 0.3) is 5.91 Å². The number of halogens is 3. The molecule has 0 radical (unpaired) electrons. The molecule has 1 aromatic heterocycles. The Morgan fingerprint density at radius 3 is 2.36 bits per heavy atom. The molecule has 1 spiro atoms. The van der Waals surface area contributed by atoms with Gasteiger partial charge < -0.3 is 10.0 Å². The molecule has 33 heavy (non-hydrogen) atoms. The first kappa shape index (κ1) is 24.7. The van der Waals surface area contributed by atoms with Crippen LogP contribution in [-0.4, -0.2) is 63.1 Å². The van der Waals surface area contributed by atoms with Crippen LogP contribution in [0.25, 0.3) is 0 Å². The maximum absolute atomic E-state index is 12.8. The lowest BCUT2D eigenvalue weighted by molar-refractivity contribution is -0.192. The molecule has 2 saturated heterocycles. The third kappa shape index (κ3) is 6.31. The summed E-state index contributed by atoms with van der Waals surface area (Å²) in [6.45, 7) is 5.88. The third-order valence-electron chi connectivity index (χ3n) is 6.33. The summed E-state index contributed by atoms with van der Waals surface area (Å²) in [7, 11) is 0. The smallest absolute Gasteiger partial charge is 0.475 e. The maximum Gasteiger partial charge on any atom is 0.490 e. The molecule has 0 aliphatic carbocycles. The van der Waals surface area contributed by atoms with E-state index in [1.807, 2.05) is 54.5 Å². The van der Waals surface area contributed by atoms with Crippen LogP contribution >= 0.6 is 0 Å². The summed E-state index contributed by atoms with van der Waals surface area (Å²) >= 11 is 0. The summed E-state index contributed by atoms with van der Waals surface area (Å²) in [5.41, 5.74) is 3.51. The molecule has 2 aromatic rings. The highest BCUT2D eigenvalue weighted by Crippen LogP contribution is 2.39. The van der Waals surface area contributed by atoms with Crippen LogP contribution in [0.2, 0.25) is 0 Å². The van der Waals surface area contributed by atoms with Crippen LogP contribution in [0.5, 0.6) is 0 Å². The molecule has 3 heterocycles. The van der Waals surface area contributed by atoms with E-state index in [4.69, 9.17) is 9.90 Å². The highest BCUT2D eigenvalue weighted by Gasteiger charge is 2.43. The number of carbonyl (C=O) groups is 2. The van der Waals surface area contributed by atoms with Crippen molar-refractivity contribution in [2.75, 3.05) is 19.6 Å². The maximum atomic E-state index is 12.8. The number of alkyl halides is 3. The predicted molar refractivity (Wildman–Crippen MR) is 117 cm³/mol. The number of aromatic nitrogens is 1. The number of aryl methyl sites for hydroxylation is 1. The van der Waals surface area contributed by atoms with Gasteiger partial charge in [0, 0.05) is 43.1 Å². The standard InChI is InChI=1S/C22H27N3O.C2HF3O2/c1-18-5-2-7-20(15-18)21(26)24-13-9-22(10-14-24)8-4-12-25(22)17-19-6-3-11-23-16-19;3-2(4,5)1(6)7/h2-3,5-7,11,15-16H,4,8-10,12-14,17H2,1H3;(H,6,7). The molecule has 0 saturated carbocycles. The number of carboxylic acids is 1. The van der Waals surface area contributed by atoms with Gasteiger partial charge in [-0.2, -0.15) is 13.2 Å². The Balaban J connectivity index is 0.000000383. The average molecular weight is 464 g/mol. The monoisotopic (exact) mass is 463 g/mol. The Morgan fingerprint density at radius 2 is 1.79 bits per heavy atom. The fourth-order valence-electron chi connectivity index (χ4n) is 4.61. The number of carbonyl (C=O) groups excluding carboxylic acids is 1. The molecular weight excluding hydrogens is 435 g/mol. The van der Waals surface area contributed by atoms with Crippen molar-refractivity contribution in [2.45, 2.75) is 50.9 Å². The van der Waals surface area contributed by atoms with Crippen LogP contribution < -0.4 is 0 Å². The number of aliphatic carboxylic acids is 1. The zero-order valence-electron chi connectivity index (χ0n) is 18.5. The molecule has 2 fully saturated rings. The van der Waals surface area contributed by atoms with Crippen LogP contribution in [0.15, 0.2) is 48.8 Å². The zero-order valence-corrected chi connectivity index (χ0v) is 18.5. The lowest BCUT2D eigenvalue weighted by Gasteiger charge is -2.45. The number of hydrogen-bond acceptors (Lipinski definition) is 4. The third-order valence-corrected chi connectivity index (χ3v) is 6.33. The SMILES string of the molecule is Cc1cccc(C(=O)N2CCC3(CCCN3Cc3cccnc3)CC2)c1.O=C(O)C(F)(F)F. The molecule has 1 amide bonds. The Bertz CT molecular complexity index is 958. The minimum Gasteiger partial charge on any atom is -0.475 e. The lowest BCUT2D eigenvalue weighted by atomic mass is 9.84. The second-order valence-electron chi connectivity index (χ2n) is 8.58. The number of carboxylic acid groups (broad SMARTS) is 1. The van der Waals surface area contributed by atoms with E-state index in [1.54, 1.807) is 0 Å². The molecule has 1 N–H and O–H groups in total. The Kier molecular flexibility index (Phi) is 7.73. The summed E-state index contributed by atoms with van der Waals surface area (Å²) in [6.07, 6.45) is 3.38. The van der Waals surface area contributed by atoms with Crippen LogP contribution in [-0.2, 0) is 11.3 Å². The Hall–Kier alpha value is -2.94. The lowest BCUT2D eigenvalue weighted by Crippen LogP contribution is -2.52. The second kappa shape index (κ2) is 10.3. The van der Waals surface area contributed by atoms with Crippen molar-refractivity contribution >= 4 is 11.9 Å². The summed E-state index contributed by atoms with van der Waals surface area (Å²) in [5, 5.41) is 7.12. The molecule has 178 valence electrons. The van der Waals surface area contributed by atoms with Crippen molar-refractivity contribution in [2.24, 2.45) is 0 Å². The summed E-state index contributed by atoms with van der Waals surface area (Å²) in [4.78, 5) is 30.7. The minimum atomic E-state index is -5.08. The van der Waals surface area contributed by atoms with Crippen LogP contribution in [0.3, 0.4) is 0 Å². The van der Waals surface area contributed by atoms with Crippen molar-refractivity contribution in [3.05, 3.63) is 65.5 Å². The van der Waals surface area contributed by atoms with Crippen LogP contribution in [0, 0.1) is 6.92 Å². The molecule has 1 aromatic carbocycles. The van der Waals surface area contributed by atoms with Gasteiger partial charge in [0.05, 0.1) is 0 Å². The fourth-order valence-corrected chi connectivity index (χ4v) is 4.61. The fraction of sp³-hybridized carbons (Fsp3) is 0.458. The number of piperidine rings is 1. The van der Waals surface area contributed by atoms with E-state index in [-0.39, 0.29) is 11.4 Å². The molecule has 9 heteroatoms. The van der Waals surface area contributed by atoms with Crippen molar-refractivity contribution in [3.63, 3.8) is 0 Å². The van der Waals surface area contributed by atoms with Crippen molar-refractivity contribution in [1.29, 1.82) is 0 Å². The Morgan fingerprint density at radius 1 is 1.09 bits per heavy atom. The van der Waals surface area contributed by atoms with E-state index < -0.39 is 12.1 Å². The van der Waals surface area contributed by atoms with Crippen molar-refractivity contribution in [3.8, 4) is 0 Å². The first-order valence-corrected chi connectivity index (χ1v) is 10.9. The van der Waals surface area contributed by atoms with Gasteiger partial charge in [0.2, 0.25) is 0 Å². The van der Waals surface area contributed by atoms with Crippen molar-refractivity contribution < 1.29 is 27.9 Å². The predicted octanol–water partition coefficient (Wildman–Crippen LogP) is 4.29. The topological polar surface area (TPSA) is 73.7 Å². The molecule has 6 nitrogen and oxygen atoms in total. The van der Waals surface area contributed by atoms with Gasteiger partial charge in [0.1, 0.15) is 0 Å². The van der Waals surface area contributed by atoms with Gasteiger partial charge in [-0.25, -0.2) is 4.79 Å². The van der Waals surface area contributed by atoms with Gasteiger partial charge in [-0.1, -0.05) is 23.8 Å². The zero-order chi connectivity index (χ0) is 24.1. The number of nitrogens with zero attached hydrogens (tertiary/aromatic N) is 3. The van der Waals surface area contributed by atoms with E-state index in [0.717, 1.165) is 50.1 Å². The average Bonchev–Trinajstić information content (AvgIpc) is 3.15. The van der Waals surface area contributed by atoms with E-state index in [1.165, 1.54) is 18.4 Å². The Labute approximate surface area is 191 Å². The van der Waals surface area contributed by atoms with E-state index in [9.17, 15) is 18.0 Å². The van der Waals surface area contributed by atoms with E-state index in [2.05, 4.69) is 16.0 Å². The summed E-state index contributed by atoms with van der Waals surface area (Å²) < 4.78 is 31.7. The van der Waals surface area contributed by atoms with Crippen LogP contribution in [0.1, 0.15) is 47.2 Å². The van der Waals surface area contributed by atoms with Gasteiger partial charge in [-0.3, -0.25) is 14.7 Å². The van der Waals surface area contributed by atoms with Gasteiger partial charge in [-0.05, 0) is 62.9 Å². The quantitative estimate of drug-likeness (QED) is 0.735. The van der Waals surface area contributed by atoms with Gasteiger partial charge in [0.15, 0.2) is 0 Å². The highest BCUT2D eigenvalue weighted by molar-refractivity contribution is 5.94. The number of amides is 1. The highest BCUT2D eigenvalue weighted by atomic mass is 19.4. The first-order chi connectivity index (χ1) is 15.6. The van der Waals surface area contributed by atoms with E-state index in [0.29, 0.717) is 0 Å². The number of pyridine rings is 1. The van der Waals surface area contributed by atoms with Gasteiger partial charge >= 0.3 is 12.1 Å².